The van der Waals surface area contributed by atoms with Crippen LogP contribution < -0.4 is 5.73 Å². The summed E-state index contributed by atoms with van der Waals surface area (Å²) in [4.78, 5) is 12.2. The maximum Gasteiger partial charge on any atom is 0.249 e. The smallest absolute Gasteiger partial charge is 0.249 e. The lowest BCUT2D eigenvalue weighted by Crippen LogP contribution is -2.11. The van der Waals surface area contributed by atoms with Gasteiger partial charge >= 0.3 is 0 Å². The summed E-state index contributed by atoms with van der Waals surface area (Å²) in [6, 6.07) is 17.6. The summed E-state index contributed by atoms with van der Waals surface area (Å²) in [5, 5.41) is 2.22. The first-order valence-corrected chi connectivity index (χ1v) is 10.9. The minimum absolute atomic E-state index is 0.00996. The first kappa shape index (κ1) is 22.3. The molecular weight excluding hydrogens is 484 g/mol. The molecule has 170 valence electrons. The molecule has 0 spiro atoms. The van der Waals surface area contributed by atoms with Crippen molar-refractivity contribution in [1.29, 1.82) is 0 Å². The molecule has 0 bridgehead atoms. The Morgan fingerprint density at radius 2 is 1.50 bits per heavy atom. The predicted molar refractivity (Wildman–Crippen MR) is 129 cm³/mol. The van der Waals surface area contributed by atoms with Crippen LogP contribution in [0.2, 0.25) is 10.0 Å². The number of rotatable bonds is 4. The third kappa shape index (κ3) is 3.59. The van der Waals surface area contributed by atoms with Crippen LogP contribution >= 0.6 is 23.2 Å². The highest BCUT2D eigenvalue weighted by molar-refractivity contribution is 6.39. The number of carbonyl (C=O) groups is 1. The highest BCUT2D eigenvalue weighted by Gasteiger charge is 2.19. The number of aromatic nitrogens is 1. The second-order valence-electron chi connectivity index (χ2n) is 7.85. The van der Waals surface area contributed by atoms with Crippen molar-refractivity contribution in [3.05, 3.63) is 105 Å². The summed E-state index contributed by atoms with van der Waals surface area (Å²) in [6.07, 6.45) is 0. The van der Waals surface area contributed by atoms with E-state index in [1.807, 2.05) is 18.2 Å². The lowest BCUT2D eigenvalue weighted by atomic mass is 10.0. The fourth-order valence-corrected chi connectivity index (χ4v) is 4.95. The molecule has 0 aliphatic carbocycles. The van der Waals surface area contributed by atoms with Gasteiger partial charge in [0.05, 0.1) is 11.0 Å². The van der Waals surface area contributed by atoms with Crippen molar-refractivity contribution < 1.29 is 18.0 Å². The van der Waals surface area contributed by atoms with E-state index in [1.54, 1.807) is 41.0 Å². The molecule has 0 atom stereocenters. The molecule has 1 heterocycles. The molecule has 0 saturated carbocycles. The van der Waals surface area contributed by atoms with Crippen LogP contribution in [0.4, 0.5) is 13.2 Å². The van der Waals surface area contributed by atoms with Crippen molar-refractivity contribution >= 4 is 50.9 Å². The monoisotopic (exact) mass is 498 g/mol. The van der Waals surface area contributed by atoms with Gasteiger partial charge in [-0.2, -0.15) is 0 Å². The van der Waals surface area contributed by atoms with Gasteiger partial charge in [-0.25, -0.2) is 13.2 Å². The van der Waals surface area contributed by atoms with Crippen molar-refractivity contribution in [2.24, 2.45) is 5.73 Å². The van der Waals surface area contributed by atoms with Crippen molar-refractivity contribution in [3.8, 4) is 11.1 Å². The summed E-state index contributed by atoms with van der Waals surface area (Å²) in [5.74, 6) is -4.70. The van der Waals surface area contributed by atoms with Crippen LogP contribution in [0, 0.1) is 17.5 Å². The Kier molecular flexibility index (Phi) is 5.50. The molecule has 0 fully saturated rings. The van der Waals surface area contributed by atoms with E-state index in [0.29, 0.717) is 48.5 Å². The second kappa shape index (κ2) is 8.38. The Labute approximate surface area is 202 Å². The third-order valence-corrected chi connectivity index (χ3v) is 6.42. The fraction of sp³-hybridized carbons (Fsp3) is 0.0385. The summed E-state index contributed by atoms with van der Waals surface area (Å²) >= 11 is 12.8. The molecular formula is C26H15Cl2F3N2O. The van der Waals surface area contributed by atoms with E-state index in [4.69, 9.17) is 28.9 Å². The van der Waals surface area contributed by atoms with Gasteiger partial charge in [-0.1, -0.05) is 47.5 Å². The van der Waals surface area contributed by atoms with Crippen LogP contribution in [-0.2, 0) is 6.54 Å². The normalized spacial score (nSPS) is 11.4. The first-order chi connectivity index (χ1) is 16.3. The quantitative estimate of drug-likeness (QED) is 0.259. The van der Waals surface area contributed by atoms with E-state index < -0.39 is 23.4 Å². The van der Waals surface area contributed by atoms with Gasteiger partial charge in [0, 0.05) is 38.5 Å². The third-order valence-electron chi connectivity index (χ3n) is 5.79. The average Bonchev–Trinajstić information content (AvgIpc) is 3.10. The SMILES string of the molecule is NC(=O)c1cccc2c1c1ccc(-c3c(Cl)cccc3Cl)cc1n2Cc1cc(F)c(F)c(F)c1. The number of nitrogens with zero attached hydrogens (tertiary/aromatic N) is 1. The molecule has 0 radical (unpaired) electrons. The number of halogens is 5. The van der Waals surface area contributed by atoms with E-state index in [0.717, 1.165) is 12.1 Å². The van der Waals surface area contributed by atoms with Crippen molar-refractivity contribution in [1.82, 2.24) is 4.57 Å². The average molecular weight is 499 g/mol. The maximum atomic E-state index is 13.9. The Balaban J connectivity index is 1.83. The molecule has 8 heteroatoms. The Morgan fingerprint density at radius 3 is 2.15 bits per heavy atom. The largest absolute Gasteiger partial charge is 0.366 e. The molecule has 2 N–H and O–H groups in total. The minimum atomic E-state index is -1.53. The molecule has 0 aliphatic heterocycles. The summed E-state index contributed by atoms with van der Waals surface area (Å²) < 4.78 is 43.2. The van der Waals surface area contributed by atoms with Gasteiger partial charge in [-0.05, 0) is 53.6 Å². The van der Waals surface area contributed by atoms with Crippen molar-refractivity contribution in [2.75, 3.05) is 0 Å². The topological polar surface area (TPSA) is 48.0 Å². The van der Waals surface area contributed by atoms with Crippen molar-refractivity contribution in [3.63, 3.8) is 0 Å². The van der Waals surface area contributed by atoms with Crippen LogP contribution in [0.15, 0.2) is 66.7 Å². The van der Waals surface area contributed by atoms with Crippen LogP contribution in [0.25, 0.3) is 32.9 Å². The Bertz CT molecular complexity index is 1590. The van der Waals surface area contributed by atoms with E-state index in [2.05, 4.69) is 0 Å². The molecule has 1 amide bonds. The van der Waals surface area contributed by atoms with Crippen LogP contribution in [0.1, 0.15) is 15.9 Å². The van der Waals surface area contributed by atoms with Crippen molar-refractivity contribution in [2.45, 2.75) is 6.54 Å². The lowest BCUT2D eigenvalue weighted by molar-refractivity contribution is 0.100. The maximum absolute atomic E-state index is 13.9. The van der Waals surface area contributed by atoms with Gasteiger partial charge < -0.3 is 10.3 Å². The second-order valence-corrected chi connectivity index (χ2v) is 8.67. The molecule has 3 nitrogen and oxygen atoms in total. The molecule has 1 aromatic heterocycles. The molecule has 5 aromatic rings. The van der Waals surface area contributed by atoms with E-state index in [-0.39, 0.29) is 12.1 Å². The van der Waals surface area contributed by atoms with Gasteiger partial charge in [0.1, 0.15) is 0 Å². The molecule has 4 aromatic carbocycles. The zero-order valence-electron chi connectivity index (χ0n) is 17.4. The molecule has 34 heavy (non-hydrogen) atoms. The van der Waals surface area contributed by atoms with Gasteiger partial charge in [0.15, 0.2) is 17.5 Å². The number of hydrogen-bond donors (Lipinski definition) is 1. The number of hydrogen-bond acceptors (Lipinski definition) is 1. The van der Waals surface area contributed by atoms with Gasteiger partial charge in [-0.3, -0.25) is 4.79 Å². The predicted octanol–water partition coefficient (Wildman–Crippen LogP) is 7.33. The minimum Gasteiger partial charge on any atom is -0.366 e. The molecule has 0 unspecified atom stereocenters. The summed E-state index contributed by atoms with van der Waals surface area (Å²) in [7, 11) is 0. The van der Waals surface area contributed by atoms with Crippen LogP contribution in [0.3, 0.4) is 0 Å². The highest BCUT2D eigenvalue weighted by Crippen LogP contribution is 2.39. The zero-order chi connectivity index (χ0) is 24.1. The van der Waals surface area contributed by atoms with Gasteiger partial charge in [0.25, 0.3) is 0 Å². The van der Waals surface area contributed by atoms with E-state index in [1.165, 1.54) is 0 Å². The standard InChI is InChI=1S/C26H15Cl2F3N2O/c27-17-4-2-5-18(28)23(17)14-7-8-15-22(11-14)33(12-13-9-19(29)25(31)20(30)10-13)21-6-1-3-16(24(15)21)26(32)34/h1-11H,12H2,(H2,32,34). The Hall–Kier alpha value is -3.48. The molecule has 5 rings (SSSR count). The Morgan fingerprint density at radius 1 is 0.853 bits per heavy atom. The van der Waals surface area contributed by atoms with Gasteiger partial charge in [-0.15, -0.1) is 0 Å². The van der Waals surface area contributed by atoms with Crippen LogP contribution in [-0.4, -0.2) is 10.5 Å². The van der Waals surface area contributed by atoms with E-state index in [9.17, 15) is 18.0 Å². The molecule has 0 aliphatic rings. The van der Waals surface area contributed by atoms with E-state index >= 15 is 0 Å². The number of nitrogens with two attached hydrogens (primary N) is 1. The summed E-state index contributed by atoms with van der Waals surface area (Å²) in [6.45, 7) is 0.00996. The number of fused-ring (bicyclic) bond motifs is 3. The summed E-state index contributed by atoms with van der Waals surface area (Å²) in [5.41, 5.74) is 8.76. The highest BCUT2D eigenvalue weighted by atomic mass is 35.5. The first-order valence-electron chi connectivity index (χ1n) is 10.2. The van der Waals surface area contributed by atoms with Crippen LogP contribution in [0.5, 0.6) is 0 Å². The number of carbonyl (C=O) groups excluding carboxylic acids is 1. The molecule has 0 saturated heterocycles. The van der Waals surface area contributed by atoms with Gasteiger partial charge in [0.2, 0.25) is 5.91 Å². The fourth-order valence-electron chi connectivity index (χ4n) is 4.33. The lowest BCUT2D eigenvalue weighted by Gasteiger charge is -2.11. The number of primary amides is 1. The zero-order valence-corrected chi connectivity index (χ0v) is 18.9. The number of amides is 1. The number of benzene rings is 4.